The highest BCUT2D eigenvalue weighted by Gasteiger charge is 2.29. The maximum absolute atomic E-state index is 6.14. The van der Waals surface area contributed by atoms with Crippen LogP contribution in [-0.4, -0.2) is 45.0 Å². The zero-order valence-corrected chi connectivity index (χ0v) is 15.8. The van der Waals surface area contributed by atoms with E-state index in [9.17, 15) is 0 Å². The predicted molar refractivity (Wildman–Crippen MR) is 103 cm³/mol. The topological polar surface area (TPSA) is 88.2 Å². The van der Waals surface area contributed by atoms with Crippen molar-refractivity contribution >= 4 is 6.02 Å². The van der Waals surface area contributed by atoms with Crippen LogP contribution in [-0.2, 0) is 9.47 Å². The van der Waals surface area contributed by atoms with Crippen molar-refractivity contribution in [1.29, 1.82) is 0 Å². The molecule has 2 atom stereocenters. The molecule has 2 aromatic rings. The Morgan fingerprint density at radius 3 is 2.81 bits per heavy atom. The first-order valence-electron chi connectivity index (χ1n) is 8.80. The van der Waals surface area contributed by atoms with Crippen molar-refractivity contribution in [2.24, 2.45) is 10.7 Å². The van der Waals surface area contributed by atoms with Crippen LogP contribution in [0.2, 0.25) is 0 Å². The molecule has 0 saturated heterocycles. The van der Waals surface area contributed by atoms with E-state index >= 15 is 0 Å². The molecule has 0 radical (unpaired) electrons. The van der Waals surface area contributed by atoms with E-state index in [4.69, 9.17) is 24.7 Å². The van der Waals surface area contributed by atoms with Gasteiger partial charge in [0.15, 0.2) is 0 Å². The Hall–Kier alpha value is -2.80. The number of rotatable bonds is 6. The van der Waals surface area contributed by atoms with Crippen molar-refractivity contribution < 1.29 is 18.9 Å². The zero-order valence-electron chi connectivity index (χ0n) is 15.8. The van der Waals surface area contributed by atoms with Gasteiger partial charge in [0.05, 0.1) is 26.5 Å². The summed E-state index contributed by atoms with van der Waals surface area (Å²) < 4.78 is 21.7. The number of fused-ring (bicyclic) bond motifs is 1. The smallest absolute Gasteiger partial charge is 0.282 e. The van der Waals surface area contributed by atoms with E-state index in [-0.39, 0.29) is 18.2 Å². The average molecular weight is 371 g/mol. The average Bonchev–Trinajstić information content (AvgIpc) is 2.71. The number of ether oxygens (including phenoxy) is 4. The molecule has 1 aromatic heterocycles. The lowest BCUT2D eigenvalue weighted by Crippen LogP contribution is -2.28. The fourth-order valence-corrected chi connectivity index (χ4v) is 3.14. The van der Waals surface area contributed by atoms with E-state index in [1.165, 1.54) is 7.11 Å². The molecule has 3 rings (SSSR count). The molecule has 0 spiro atoms. The SMILES string of the molecule is COCC[C@H]1C[C@@H](N=C(N)OC)c2cc(-c3cncc(OC)c3)ccc2O1. The number of aromatic nitrogens is 1. The highest BCUT2D eigenvalue weighted by molar-refractivity contribution is 5.72. The Bertz CT molecular complexity index is 810. The molecule has 0 bridgehead atoms. The van der Waals surface area contributed by atoms with Gasteiger partial charge in [-0.3, -0.25) is 4.98 Å². The fourth-order valence-electron chi connectivity index (χ4n) is 3.14. The van der Waals surface area contributed by atoms with E-state index < -0.39 is 0 Å². The number of benzene rings is 1. The summed E-state index contributed by atoms with van der Waals surface area (Å²) >= 11 is 0. The van der Waals surface area contributed by atoms with Crippen LogP contribution in [0.5, 0.6) is 11.5 Å². The molecule has 0 amide bonds. The highest BCUT2D eigenvalue weighted by atomic mass is 16.5. The molecule has 2 N–H and O–H groups in total. The van der Waals surface area contributed by atoms with Gasteiger partial charge in [-0.15, -0.1) is 0 Å². The van der Waals surface area contributed by atoms with Gasteiger partial charge in [0.25, 0.3) is 6.02 Å². The normalized spacial score (nSPS) is 19.1. The summed E-state index contributed by atoms with van der Waals surface area (Å²) in [5, 5.41) is 0. The maximum atomic E-state index is 6.14. The van der Waals surface area contributed by atoms with Crippen molar-refractivity contribution in [1.82, 2.24) is 4.98 Å². The Kier molecular flexibility index (Phi) is 6.13. The molecule has 27 heavy (non-hydrogen) atoms. The third kappa shape index (κ3) is 4.49. The number of aliphatic imine (C=N–C) groups is 1. The van der Waals surface area contributed by atoms with Crippen LogP contribution in [0.15, 0.2) is 41.7 Å². The van der Waals surface area contributed by atoms with Gasteiger partial charge in [0, 0.05) is 43.9 Å². The van der Waals surface area contributed by atoms with Crippen molar-refractivity contribution in [3.05, 3.63) is 42.2 Å². The van der Waals surface area contributed by atoms with Crippen LogP contribution in [0, 0.1) is 0 Å². The van der Waals surface area contributed by atoms with Crippen molar-refractivity contribution in [2.45, 2.75) is 25.0 Å². The number of nitrogens with zero attached hydrogens (tertiary/aromatic N) is 2. The van der Waals surface area contributed by atoms with Gasteiger partial charge in [-0.05, 0) is 23.8 Å². The standard InChI is InChI=1S/C20H25N3O4/c1-24-7-6-15-10-18(23-20(21)26-3)17-9-13(4-5-19(17)27-15)14-8-16(25-2)12-22-11-14/h4-5,8-9,11-12,15,18H,6-7,10H2,1-3H3,(H2,21,23)/t15-,18+/m0/s1. The quantitative estimate of drug-likeness (QED) is 0.620. The van der Waals surface area contributed by atoms with E-state index in [2.05, 4.69) is 16.0 Å². The van der Waals surface area contributed by atoms with E-state index in [0.717, 1.165) is 28.9 Å². The summed E-state index contributed by atoms with van der Waals surface area (Å²) in [6.07, 6.45) is 4.99. The number of pyridine rings is 1. The van der Waals surface area contributed by atoms with Crippen LogP contribution in [0.1, 0.15) is 24.4 Å². The first-order chi connectivity index (χ1) is 13.1. The molecule has 0 unspecified atom stereocenters. The predicted octanol–water partition coefficient (Wildman–Crippen LogP) is 2.95. The summed E-state index contributed by atoms with van der Waals surface area (Å²) in [7, 11) is 4.82. The summed E-state index contributed by atoms with van der Waals surface area (Å²) in [4.78, 5) is 8.77. The lowest BCUT2D eigenvalue weighted by atomic mass is 9.93. The number of hydrogen-bond acceptors (Lipinski definition) is 6. The van der Waals surface area contributed by atoms with Gasteiger partial charge in [-0.1, -0.05) is 6.07 Å². The molecule has 7 heteroatoms. The van der Waals surface area contributed by atoms with Crippen LogP contribution in [0.3, 0.4) is 0 Å². The fraction of sp³-hybridized carbons (Fsp3) is 0.400. The first kappa shape index (κ1) is 19.0. The minimum absolute atomic E-state index is 0.0141. The van der Waals surface area contributed by atoms with Crippen LogP contribution in [0.25, 0.3) is 11.1 Å². The Morgan fingerprint density at radius 2 is 2.07 bits per heavy atom. The third-order valence-electron chi connectivity index (χ3n) is 4.57. The molecular formula is C20H25N3O4. The first-order valence-corrected chi connectivity index (χ1v) is 8.80. The molecule has 144 valence electrons. The van der Waals surface area contributed by atoms with Crippen molar-refractivity contribution in [3.63, 3.8) is 0 Å². The molecular weight excluding hydrogens is 346 g/mol. The number of methoxy groups -OCH3 is 3. The second-order valence-corrected chi connectivity index (χ2v) is 6.31. The summed E-state index contributed by atoms with van der Waals surface area (Å²) in [5.41, 5.74) is 8.77. The van der Waals surface area contributed by atoms with E-state index in [1.54, 1.807) is 26.6 Å². The van der Waals surface area contributed by atoms with Crippen molar-refractivity contribution in [3.8, 4) is 22.6 Å². The summed E-state index contributed by atoms with van der Waals surface area (Å²) in [6.45, 7) is 0.629. The lowest BCUT2D eigenvalue weighted by molar-refractivity contribution is 0.104. The Labute approximate surface area is 159 Å². The van der Waals surface area contributed by atoms with Crippen LogP contribution >= 0.6 is 0 Å². The number of amidine groups is 1. The molecule has 0 saturated carbocycles. The van der Waals surface area contributed by atoms with Gasteiger partial charge < -0.3 is 24.7 Å². The highest BCUT2D eigenvalue weighted by Crippen LogP contribution is 2.40. The third-order valence-corrected chi connectivity index (χ3v) is 4.57. The molecule has 2 heterocycles. The van der Waals surface area contributed by atoms with Crippen molar-refractivity contribution in [2.75, 3.05) is 27.9 Å². The maximum Gasteiger partial charge on any atom is 0.282 e. The molecule has 0 fully saturated rings. The van der Waals surface area contributed by atoms with E-state index in [1.807, 2.05) is 18.2 Å². The minimum atomic E-state index is -0.144. The second-order valence-electron chi connectivity index (χ2n) is 6.31. The number of nitrogens with two attached hydrogens (primary N) is 1. The monoisotopic (exact) mass is 371 g/mol. The second kappa shape index (κ2) is 8.73. The van der Waals surface area contributed by atoms with Crippen LogP contribution in [0.4, 0.5) is 0 Å². The molecule has 7 nitrogen and oxygen atoms in total. The van der Waals surface area contributed by atoms with Gasteiger partial charge in [-0.25, -0.2) is 4.99 Å². The van der Waals surface area contributed by atoms with Gasteiger partial charge in [0.1, 0.15) is 17.6 Å². The van der Waals surface area contributed by atoms with Gasteiger partial charge in [0.2, 0.25) is 0 Å². The zero-order chi connectivity index (χ0) is 19.2. The Balaban J connectivity index is 1.97. The number of hydrogen-bond donors (Lipinski definition) is 1. The largest absolute Gasteiger partial charge is 0.495 e. The molecule has 1 aliphatic rings. The summed E-state index contributed by atoms with van der Waals surface area (Å²) in [5.74, 6) is 1.51. The van der Waals surface area contributed by atoms with E-state index in [0.29, 0.717) is 18.8 Å². The van der Waals surface area contributed by atoms with Gasteiger partial charge in [-0.2, -0.15) is 0 Å². The molecule has 1 aromatic carbocycles. The Morgan fingerprint density at radius 1 is 1.22 bits per heavy atom. The molecule has 0 aliphatic carbocycles. The minimum Gasteiger partial charge on any atom is -0.495 e. The lowest BCUT2D eigenvalue weighted by Gasteiger charge is -2.30. The van der Waals surface area contributed by atoms with Gasteiger partial charge >= 0.3 is 0 Å². The summed E-state index contributed by atoms with van der Waals surface area (Å²) in [6, 6.07) is 8.00. The molecule has 1 aliphatic heterocycles. The van der Waals surface area contributed by atoms with Crippen LogP contribution < -0.4 is 15.2 Å².